The smallest absolute Gasteiger partial charge is 0.336 e. The molecule has 3 aromatic rings. The van der Waals surface area contributed by atoms with Gasteiger partial charge in [0.15, 0.2) is 5.65 Å². The molecule has 0 fully saturated rings. The summed E-state index contributed by atoms with van der Waals surface area (Å²) in [5, 5.41) is 16.0. The molecule has 0 aliphatic heterocycles. The maximum absolute atomic E-state index is 11.4. The van der Waals surface area contributed by atoms with Gasteiger partial charge in [-0.3, -0.25) is 0 Å². The Bertz CT molecular complexity index is 747. The van der Waals surface area contributed by atoms with Crippen LogP contribution in [0.15, 0.2) is 29.8 Å². The molecule has 5 nitrogen and oxygen atoms in total. The minimum atomic E-state index is -0.958. The molecule has 0 aliphatic rings. The molecule has 19 heavy (non-hydrogen) atoms. The van der Waals surface area contributed by atoms with E-state index in [9.17, 15) is 9.90 Å². The van der Waals surface area contributed by atoms with Gasteiger partial charge in [0.05, 0.1) is 27.7 Å². The van der Waals surface area contributed by atoms with Gasteiger partial charge in [-0.05, 0) is 24.4 Å². The number of thiophene rings is 1. The quantitative estimate of drug-likeness (QED) is 0.796. The SMILES string of the molecule is CCn1ncc2c(C(=O)O)cc(-c3cccs3)nc21. The van der Waals surface area contributed by atoms with Crippen molar-refractivity contribution in [1.29, 1.82) is 0 Å². The standard InChI is InChI=1S/C13H11N3O2S/c1-2-16-12-9(7-14-16)8(13(17)18)6-10(15-12)11-4-3-5-19-11/h3-7H,2H2,1H3,(H,17,18). The summed E-state index contributed by atoms with van der Waals surface area (Å²) in [5.74, 6) is -0.958. The van der Waals surface area contributed by atoms with Gasteiger partial charge in [-0.25, -0.2) is 14.5 Å². The molecule has 3 heterocycles. The van der Waals surface area contributed by atoms with Crippen LogP contribution in [0.1, 0.15) is 17.3 Å². The summed E-state index contributed by atoms with van der Waals surface area (Å²) in [7, 11) is 0. The minimum Gasteiger partial charge on any atom is -0.478 e. The lowest BCUT2D eigenvalue weighted by Crippen LogP contribution is -2.02. The summed E-state index contributed by atoms with van der Waals surface area (Å²) >= 11 is 1.54. The Hall–Kier alpha value is -2.21. The van der Waals surface area contributed by atoms with Crippen LogP contribution in [0.4, 0.5) is 0 Å². The van der Waals surface area contributed by atoms with E-state index in [2.05, 4.69) is 10.1 Å². The van der Waals surface area contributed by atoms with Crippen LogP contribution in [0.5, 0.6) is 0 Å². The van der Waals surface area contributed by atoms with Gasteiger partial charge in [0, 0.05) is 6.54 Å². The molecule has 0 bridgehead atoms. The number of carboxylic acids is 1. The first-order chi connectivity index (χ1) is 9.20. The molecule has 0 aliphatic carbocycles. The lowest BCUT2D eigenvalue weighted by molar-refractivity contribution is 0.0699. The van der Waals surface area contributed by atoms with Crippen molar-refractivity contribution in [2.24, 2.45) is 0 Å². The van der Waals surface area contributed by atoms with Crippen LogP contribution in [-0.2, 0) is 6.54 Å². The molecule has 0 amide bonds. The first-order valence-corrected chi connectivity index (χ1v) is 6.72. The maximum atomic E-state index is 11.4. The summed E-state index contributed by atoms with van der Waals surface area (Å²) in [6.07, 6.45) is 1.56. The summed E-state index contributed by atoms with van der Waals surface area (Å²) in [4.78, 5) is 16.9. The van der Waals surface area contributed by atoms with E-state index in [4.69, 9.17) is 0 Å². The summed E-state index contributed by atoms with van der Waals surface area (Å²) in [6, 6.07) is 5.46. The number of pyridine rings is 1. The van der Waals surface area contributed by atoms with E-state index in [-0.39, 0.29) is 5.56 Å². The fourth-order valence-electron chi connectivity index (χ4n) is 2.01. The molecule has 0 radical (unpaired) electrons. The van der Waals surface area contributed by atoms with Crippen LogP contribution < -0.4 is 0 Å². The van der Waals surface area contributed by atoms with Gasteiger partial charge < -0.3 is 5.11 Å². The van der Waals surface area contributed by atoms with E-state index < -0.39 is 5.97 Å². The Morgan fingerprint density at radius 3 is 3.00 bits per heavy atom. The molecule has 0 saturated carbocycles. The van der Waals surface area contributed by atoms with Crippen LogP contribution in [0.25, 0.3) is 21.6 Å². The zero-order valence-electron chi connectivity index (χ0n) is 10.2. The number of carboxylic acid groups (broad SMARTS) is 1. The fraction of sp³-hybridized carbons (Fsp3) is 0.154. The fourth-order valence-corrected chi connectivity index (χ4v) is 2.69. The monoisotopic (exact) mass is 273 g/mol. The Kier molecular flexibility index (Phi) is 2.79. The van der Waals surface area contributed by atoms with Crippen molar-refractivity contribution in [3.8, 4) is 10.6 Å². The summed E-state index contributed by atoms with van der Waals surface area (Å²) < 4.78 is 1.71. The van der Waals surface area contributed by atoms with Crippen molar-refractivity contribution in [3.05, 3.63) is 35.3 Å². The number of aromatic nitrogens is 3. The summed E-state index contributed by atoms with van der Waals surface area (Å²) in [5.41, 5.74) is 1.54. The first kappa shape index (κ1) is 11.9. The minimum absolute atomic E-state index is 0.244. The number of aryl methyl sites for hydroxylation is 1. The van der Waals surface area contributed by atoms with Crippen LogP contribution in [-0.4, -0.2) is 25.8 Å². The van der Waals surface area contributed by atoms with Gasteiger partial charge in [-0.2, -0.15) is 5.10 Å². The highest BCUT2D eigenvalue weighted by molar-refractivity contribution is 7.13. The molecule has 3 rings (SSSR count). The normalized spacial score (nSPS) is 11.0. The Morgan fingerprint density at radius 2 is 2.37 bits per heavy atom. The number of rotatable bonds is 3. The molecule has 1 N–H and O–H groups in total. The van der Waals surface area contributed by atoms with E-state index in [0.717, 1.165) is 4.88 Å². The predicted octanol–water partition coefficient (Wildman–Crippen LogP) is 2.88. The van der Waals surface area contributed by atoms with Crippen molar-refractivity contribution in [3.63, 3.8) is 0 Å². The summed E-state index contributed by atoms with van der Waals surface area (Å²) in [6.45, 7) is 2.61. The third-order valence-electron chi connectivity index (χ3n) is 2.91. The lowest BCUT2D eigenvalue weighted by Gasteiger charge is -2.04. The largest absolute Gasteiger partial charge is 0.478 e. The number of nitrogens with zero attached hydrogens (tertiary/aromatic N) is 3. The lowest BCUT2D eigenvalue weighted by atomic mass is 10.1. The van der Waals surface area contributed by atoms with Crippen LogP contribution in [0.3, 0.4) is 0 Å². The molecule has 0 unspecified atom stereocenters. The second-order valence-corrected chi connectivity index (χ2v) is 4.98. The van der Waals surface area contributed by atoms with Crippen molar-refractivity contribution < 1.29 is 9.90 Å². The number of hydrogen-bond donors (Lipinski definition) is 1. The van der Waals surface area contributed by atoms with Gasteiger partial charge in [0.2, 0.25) is 0 Å². The molecule has 96 valence electrons. The van der Waals surface area contributed by atoms with Crippen molar-refractivity contribution in [2.75, 3.05) is 0 Å². The molecule has 0 saturated heterocycles. The van der Waals surface area contributed by atoms with Crippen LogP contribution >= 0.6 is 11.3 Å². The second-order valence-electron chi connectivity index (χ2n) is 4.04. The molecular weight excluding hydrogens is 262 g/mol. The van der Waals surface area contributed by atoms with E-state index in [1.807, 2.05) is 24.4 Å². The molecule has 0 spiro atoms. The predicted molar refractivity (Wildman–Crippen MR) is 73.5 cm³/mol. The van der Waals surface area contributed by atoms with Gasteiger partial charge in [-0.15, -0.1) is 11.3 Å². The molecule has 3 aromatic heterocycles. The van der Waals surface area contributed by atoms with Crippen LogP contribution in [0, 0.1) is 0 Å². The number of aromatic carboxylic acids is 1. The van der Waals surface area contributed by atoms with Crippen molar-refractivity contribution in [1.82, 2.24) is 14.8 Å². The highest BCUT2D eigenvalue weighted by Gasteiger charge is 2.16. The Morgan fingerprint density at radius 1 is 1.53 bits per heavy atom. The van der Waals surface area contributed by atoms with Gasteiger partial charge >= 0.3 is 5.97 Å². The second kappa shape index (κ2) is 4.47. The molecule has 0 atom stereocenters. The maximum Gasteiger partial charge on any atom is 0.336 e. The average molecular weight is 273 g/mol. The Labute approximate surface area is 113 Å². The van der Waals surface area contributed by atoms with E-state index in [1.54, 1.807) is 16.9 Å². The zero-order valence-corrected chi connectivity index (χ0v) is 11.0. The molecule has 6 heteroatoms. The van der Waals surface area contributed by atoms with E-state index in [1.165, 1.54) is 11.3 Å². The third-order valence-corrected chi connectivity index (χ3v) is 3.81. The molecule has 0 aromatic carbocycles. The Balaban J connectivity index is 2.33. The van der Waals surface area contributed by atoms with Gasteiger partial charge in [0.1, 0.15) is 0 Å². The average Bonchev–Trinajstić information content (AvgIpc) is 3.06. The molecular formula is C13H11N3O2S. The van der Waals surface area contributed by atoms with E-state index in [0.29, 0.717) is 23.3 Å². The van der Waals surface area contributed by atoms with E-state index >= 15 is 0 Å². The number of fused-ring (bicyclic) bond motifs is 1. The zero-order chi connectivity index (χ0) is 13.4. The number of hydrogen-bond acceptors (Lipinski definition) is 4. The highest BCUT2D eigenvalue weighted by Crippen LogP contribution is 2.27. The van der Waals surface area contributed by atoms with Crippen molar-refractivity contribution >= 4 is 28.3 Å². The first-order valence-electron chi connectivity index (χ1n) is 5.84. The van der Waals surface area contributed by atoms with Crippen LogP contribution in [0.2, 0.25) is 0 Å². The number of carbonyl (C=O) groups is 1. The topological polar surface area (TPSA) is 68.0 Å². The highest BCUT2D eigenvalue weighted by atomic mass is 32.1. The van der Waals surface area contributed by atoms with Gasteiger partial charge in [-0.1, -0.05) is 6.07 Å². The van der Waals surface area contributed by atoms with Crippen molar-refractivity contribution in [2.45, 2.75) is 13.5 Å². The van der Waals surface area contributed by atoms with Gasteiger partial charge in [0.25, 0.3) is 0 Å². The third kappa shape index (κ3) is 1.90.